The van der Waals surface area contributed by atoms with Crippen LogP contribution in [-0.2, 0) is 9.53 Å². The number of ether oxygens (including phenoxy) is 1. The van der Waals surface area contributed by atoms with E-state index in [2.05, 4.69) is 11.3 Å². The Kier molecular flexibility index (Phi) is 5.77. The molecule has 0 radical (unpaired) electrons. The molecule has 0 aromatic carbocycles. The second-order valence-corrected chi connectivity index (χ2v) is 6.74. The van der Waals surface area contributed by atoms with Crippen LogP contribution in [0.1, 0.15) is 0 Å². The smallest absolute Gasteiger partial charge is 0.330 e. The quantitative estimate of drug-likeness (QED) is 0.296. The summed E-state index contributed by atoms with van der Waals surface area (Å²) in [6, 6.07) is 0.586. The summed E-state index contributed by atoms with van der Waals surface area (Å²) in [5.74, 6) is -0.428. The Morgan fingerprint density at radius 3 is 2.70 bits per heavy atom. The minimum Gasteiger partial charge on any atom is -0.463 e. The molecule has 0 aromatic heterocycles. The van der Waals surface area contributed by atoms with E-state index in [-0.39, 0.29) is 0 Å². The molecule has 58 valence electrons. The highest BCUT2D eigenvalue weighted by atomic mass is 35.7. The summed E-state index contributed by atoms with van der Waals surface area (Å²) in [5.41, 5.74) is 0. The Balaban J connectivity index is 3.19. The Labute approximate surface area is 70.8 Å². The van der Waals surface area contributed by atoms with E-state index < -0.39 is 13.4 Å². The number of hydrogen-bond acceptors (Lipinski definition) is 2. The van der Waals surface area contributed by atoms with Gasteiger partial charge in [0.1, 0.15) is 0 Å². The van der Waals surface area contributed by atoms with Gasteiger partial charge in [0.15, 0.2) is 0 Å². The molecule has 2 nitrogen and oxygen atoms in total. The number of hydrogen-bond donors (Lipinski definition) is 0. The van der Waals surface area contributed by atoms with Gasteiger partial charge in [-0.3, -0.25) is 0 Å². The van der Waals surface area contributed by atoms with Crippen molar-refractivity contribution in [2.24, 2.45) is 0 Å². The van der Waals surface area contributed by atoms with Gasteiger partial charge in [-0.1, -0.05) is 6.58 Å². The van der Waals surface area contributed by atoms with Gasteiger partial charge < -0.3 is 4.74 Å². The summed E-state index contributed by atoms with van der Waals surface area (Å²) in [6.07, 6.45) is 1.11. The van der Waals surface area contributed by atoms with Crippen molar-refractivity contribution < 1.29 is 9.53 Å². The van der Waals surface area contributed by atoms with Crippen molar-refractivity contribution in [2.75, 3.05) is 6.61 Å². The lowest BCUT2D eigenvalue weighted by Gasteiger charge is -1.99. The molecule has 0 rings (SSSR count). The van der Waals surface area contributed by atoms with Crippen molar-refractivity contribution in [1.29, 1.82) is 0 Å². The zero-order valence-corrected chi connectivity index (χ0v) is 8.02. The molecule has 0 aliphatic heterocycles. The molecule has 0 aromatic rings. The molecule has 0 fully saturated rings. The monoisotopic (exact) mass is 198 g/mol. The third-order valence-corrected chi connectivity index (χ3v) is 2.73. The Hall–Kier alpha value is 0.00688. The van der Waals surface area contributed by atoms with Crippen molar-refractivity contribution in [3.05, 3.63) is 12.7 Å². The minimum absolute atomic E-state index is 0.300. The van der Waals surface area contributed by atoms with Crippen LogP contribution in [0.2, 0.25) is 6.04 Å². The summed E-state index contributed by atoms with van der Waals surface area (Å²) in [6.45, 7) is 3.53. The molecule has 0 saturated carbocycles. The van der Waals surface area contributed by atoms with Crippen molar-refractivity contribution in [3.8, 4) is 0 Å². The van der Waals surface area contributed by atoms with Crippen molar-refractivity contribution in [3.63, 3.8) is 0 Å². The zero-order valence-electron chi connectivity index (χ0n) is 5.35. The average molecular weight is 199 g/mol. The predicted molar refractivity (Wildman–Crippen MR) is 44.8 cm³/mol. The van der Waals surface area contributed by atoms with Crippen LogP contribution in [0.3, 0.4) is 0 Å². The minimum atomic E-state index is -1.61. The highest BCUT2D eigenvalue weighted by molar-refractivity contribution is 7.33. The van der Waals surface area contributed by atoms with Gasteiger partial charge in [-0.2, -0.15) is 22.2 Å². The molecular formula is C5H8Cl2O2Si. The molecule has 10 heavy (non-hydrogen) atoms. The van der Waals surface area contributed by atoms with E-state index in [9.17, 15) is 4.79 Å². The fourth-order valence-electron chi connectivity index (χ4n) is 0.308. The first kappa shape index (κ1) is 10.0. The molecule has 5 heteroatoms. The summed E-state index contributed by atoms with van der Waals surface area (Å²) >= 11 is 11.0. The zero-order chi connectivity index (χ0) is 7.98. The van der Waals surface area contributed by atoms with Crippen molar-refractivity contribution in [2.45, 2.75) is 6.04 Å². The van der Waals surface area contributed by atoms with E-state index in [4.69, 9.17) is 22.2 Å². The van der Waals surface area contributed by atoms with Crippen LogP contribution in [-0.4, -0.2) is 20.0 Å². The fraction of sp³-hybridized carbons (Fsp3) is 0.400. The van der Waals surface area contributed by atoms with Gasteiger partial charge in [-0.15, -0.1) is 0 Å². The molecular weight excluding hydrogens is 191 g/mol. The maximum Gasteiger partial charge on any atom is 0.330 e. The van der Waals surface area contributed by atoms with Crippen molar-refractivity contribution in [1.82, 2.24) is 0 Å². The molecule has 0 bridgehead atoms. The van der Waals surface area contributed by atoms with Crippen molar-refractivity contribution >= 4 is 35.5 Å². The van der Waals surface area contributed by atoms with Gasteiger partial charge >= 0.3 is 5.97 Å². The van der Waals surface area contributed by atoms with Crippen LogP contribution in [0.15, 0.2) is 12.7 Å². The first-order valence-corrected chi connectivity index (χ1v) is 7.05. The fourth-order valence-corrected chi connectivity index (χ4v) is 1.14. The van der Waals surface area contributed by atoms with Gasteiger partial charge in [0.05, 0.1) is 6.61 Å². The lowest BCUT2D eigenvalue weighted by atomic mass is 10.6. The summed E-state index contributed by atoms with van der Waals surface area (Å²) in [4.78, 5) is 10.4. The van der Waals surface area contributed by atoms with Crippen LogP contribution >= 0.6 is 22.2 Å². The lowest BCUT2D eigenvalue weighted by molar-refractivity contribution is -0.137. The third-order valence-electron chi connectivity index (χ3n) is 0.747. The standard InChI is InChI=1S/C5H8Cl2O2Si/c1-2-5(8)9-3-4-10(6)7/h2,10H,1,3-4H2. The van der Waals surface area contributed by atoms with Gasteiger partial charge in [-0.25, -0.2) is 4.79 Å². The summed E-state index contributed by atoms with van der Waals surface area (Å²) in [5, 5.41) is 0. The highest BCUT2D eigenvalue weighted by Crippen LogP contribution is 2.02. The second-order valence-electron chi connectivity index (χ2n) is 1.55. The maximum absolute atomic E-state index is 10.4. The van der Waals surface area contributed by atoms with Gasteiger partial charge in [0.25, 0.3) is 0 Å². The topological polar surface area (TPSA) is 26.3 Å². The predicted octanol–water partition coefficient (Wildman–Crippen LogP) is 1.41. The van der Waals surface area contributed by atoms with Gasteiger partial charge in [0, 0.05) is 12.1 Å². The molecule has 0 atom stereocenters. The first-order chi connectivity index (χ1) is 4.66. The summed E-state index contributed by atoms with van der Waals surface area (Å²) in [7, 11) is -1.61. The van der Waals surface area contributed by atoms with Crippen LogP contribution in [0.25, 0.3) is 0 Å². The van der Waals surface area contributed by atoms with Gasteiger partial charge in [0.2, 0.25) is 7.42 Å². The maximum atomic E-state index is 10.4. The Morgan fingerprint density at radius 2 is 2.30 bits per heavy atom. The average Bonchev–Trinajstić information content (AvgIpc) is 1.87. The van der Waals surface area contributed by atoms with E-state index in [0.717, 1.165) is 6.08 Å². The lowest BCUT2D eigenvalue weighted by Crippen LogP contribution is -2.05. The van der Waals surface area contributed by atoms with E-state index in [0.29, 0.717) is 12.7 Å². The second kappa shape index (κ2) is 5.77. The molecule has 0 spiro atoms. The number of carbonyl (C=O) groups excluding carboxylic acids is 1. The molecule has 0 N–H and O–H groups in total. The molecule has 0 aliphatic rings. The van der Waals surface area contributed by atoms with E-state index in [1.807, 2.05) is 0 Å². The Bertz CT molecular complexity index is 127. The van der Waals surface area contributed by atoms with Crippen LogP contribution in [0.5, 0.6) is 0 Å². The number of carbonyl (C=O) groups is 1. The summed E-state index contributed by atoms with van der Waals surface area (Å²) < 4.78 is 4.61. The molecule has 0 unspecified atom stereocenters. The van der Waals surface area contributed by atoms with Crippen LogP contribution < -0.4 is 0 Å². The molecule has 0 aliphatic carbocycles. The highest BCUT2D eigenvalue weighted by Gasteiger charge is 2.02. The normalized spacial score (nSPS) is 9.50. The van der Waals surface area contributed by atoms with E-state index in [1.54, 1.807) is 0 Å². The number of halogens is 2. The van der Waals surface area contributed by atoms with Crippen LogP contribution in [0, 0.1) is 0 Å². The third kappa shape index (κ3) is 6.13. The molecule has 0 amide bonds. The largest absolute Gasteiger partial charge is 0.463 e. The van der Waals surface area contributed by atoms with Crippen LogP contribution in [0.4, 0.5) is 0 Å². The number of rotatable bonds is 4. The van der Waals surface area contributed by atoms with E-state index >= 15 is 0 Å². The number of esters is 1. The van der Waals surface area contributed by atoms with Gasteiger partial charge in [-0.05, 0) is 0 Å². The van der Waals surface area contributed by atoms with E-state index in [1.165, 1.54) is 0 Å². The Morgan fingerprint density at radius 1 is 1.70 bits per heavy atom. The molecule has 0 saturated heterocycles. The first-order valence-electron chi connectivity index (χ1n) is 2.74. The SMILES string of the molecule is C=CC(=O)OCC[SiH](Cl)Cl. The molecule has 0 heterocycles.